The lowest BCUT2D eigenvalue weighted by molar-refractivity contribution is -0.132. The van der Waals surface area contributed by atoms with E-state index in [9.17, 15) is 14.7 Å². The summed E-state index contributed by atoms with van der Waals surface area (Å²) in [6.07, 6.45) is 1.58. The number of halogens is 1. The molecule has 1 fully saturated rings. The maximum absolute atomic E-state index is 12.9. The summed E-state index contributed by atoms with van der Waals surface area (Å²) in [6.45, 7) is 1.94. The lowest BCUT2D eigenvalue weighted by Gasteiger charge is -2.23. The summed E-state index contributed by atoms with van der Waals surface area (Å²) in [7, 11) is 0. The third-order valence-corrected chi connectivity index (χ3v) is 5.82. The van der Waals surface area contributed by atoms with Crippen LogP contribution >= 0.6 is 27.3 Å². The molecular weight excluding hydrogens is 440 g/mol. The average Bonchev–Trinajstić information content (AvgIpc) is 3.29. The van der Waals surface area contributed by atoms with Crippen molar-refractivity contribution < 1.29 is 14.7 Å². The van der Waals surface area contributed by atoms with E-state index < -0.39 is 17.7 Å². The highest BCUT2D eigenvalue weighted by Crippen LogP contribution is 2.43. The Morgan fingerprint density at radius 2 is 1.93 bits per heavy atom. The molecule has 7 heteroatoms. The molecule has 4 rings (SSSR count). The number of amides is 1. The number of hydrogen-bond acceptors (Lipinski definition) is 5. The Bertz CT molecular complexity index is 1090. The number of rotatable bonds is 3. The highest BCUT2D eigenvalue weighted by atomic mass is 79.9. The monoisotopic (exact) mass is 454 g/mol. The van der Waals surface area contributed by atoms with Crippen LogP contribution in [0, 0.1) is 6.92 Å². The molecule has 0 saturated carbocycles. The molecule has 5 nitrogen and oxygen atoms in total. The number of nitrogens with zero attached hydrogens (tertiary/aromatic N) is 2. The highest BCUT2D eigenvalue weighted by Gasteiger charge is 2.47. The fourth-order valence-electron chi connectivity index (χ4n) is 3.22. The van der Waals surface area contributed by atoms with Gasteiger partial charge >= 0.3 is 5.91 Å². The van der Waals surface area contributed by atoms with Crippen molar-refractivity contribution in [1.29, 1.82) is 0 Å². The summed E-state index contributed by atoms with van der Waals surface area (Å²) < 4.78 is 0.810. The van der Waals surface area contributed by atoms with Crippen LogP contribution in [-0.2, 0) is 9.59 Å². The summed E-state index contributed by atoms with van der Waals surface area (Å²) in [4.78, 5) is 31.3. The van der Waals surface area contributed by atoms with Crippen LogP contribution in [0.25, 0.3) is 5.76 Å². The standard InChI is InChI=1S/C21H15BrN2O3S/c1-12-5-7-13(8-6-12)18(25)16-17(14-3-2-4-15(22)11-14)24(20(27)19(16)26)21-23-9-10-28-21/h2-11,17,25H,1H3/t17-/m1/s1. The molecule has 0 bridgehead atoms. The predicted molar refractivity (Wildman–Crippen MR) is 112 cm³/mol. The first kappa shape index (κ1) is 18.6. The van der Waals surface area contributed by atoms with Gasteiger partial charge in [-0.15, -0.1) is 11.3 Å². The fourth-order valence-corrected chi connectivity index (χ4v) is 4.31. The number of carbonyl (C=O) groups excluding carboxylic acids is 2. The van der Waals surface area contributed by atoms with E-state index in [1.165, 1.54) is 16.2 Å². The van der Waals surface area contributed by atoms with Gasteiger partial charge in [0.1, 0.15) is 5.76 Å². The van der Waals surface area contributed by atoms with E-state index in [-0.39, 0.29) is 11.3 Å². The molecule has 1 atom stereocenters. The molecule has 140 valence electrons. The van der Waals surface area contributed by atoms with E-state index in [2.05, 4.69) is 20.9 Å². The van der Waals surface area contributed by atoms with Crippen LogP contribution in [0.1, 0.15) is 22.7 Å². The molecule has 0 aliphatic carbocycles. The quantitative estimate of drug-likeness (QED) is 0.349. The molecule has 1 saturated heterocycles. The maximum Gasteiger partial charge on any atom is 0.301 e. The van der Waals surface area contributed by atoms with Crippen molar-refractivity contribution in [3.63, 3.8) is 0 Å². The van der Waals surface area contributed by atoms with Crippen molar-refractivity contribution in [2.75, 3.05) is 4.90 Å². The molecule has 0 unspecified atom stereocenters. The molecule has 0 spiro atoms. The van der Waals surface area contributed by atoms with Crippen LogP contribution in [0.5, 0.6) is 0 Å². The number of ketones is 1. The van der Waals surface area contributed by atoms with Crippen molar-refractivity contribution in [2.45, 2.75) is 13.0 Å². The van der Waals surface area contributed by atoms with Crippen molar-refractivity contribution >= 4 is 49.8 Å². The van der Waals surface area contributed by atoms with Crippen LogP contribution < -0.4 is 4.90 Å². The van der Waals surface area contributed by atoms with E-state index in [1.807, 2.05) is 43.3 Å². The molecule has 1 aliphatic rings. The Kier molecular flexibility index (Phi) is 4.87. The Morgan fingerprint density at radius 3 is 2.57 bits per heavy atom. The highest BCUT2D eigenvalue weighted by molar-refractivity contribution is 9.10. The van der Waals surface area contributed by atoms with Gasteiger partial charge in [0, 0.05) is 21.6 Å². The van der Waals surface area contributed by atoms with Gasteiger partial charge in [0.25, 0.3) is 5.78 Å². The number of benzene rings is 2. The molecule has 1 N–H and O–H groups in total. The molecule has 1 aliphatic heterocycles. The predicted octanol–water partition coefficient (Wildman–Crippen LogP) is 4.84. The van der Waals surface area contributed by atoms with E-state index >= 15 is 0 Å². The molecule has 1 aromatic heterocycles. The first-order valence-electron chi connectivity index (χ1n) is 8.50. The number of hydrogen-bond donors (Lipinski definition) is 1. The number of carbonyl (C=O) groups is 2. The summed E-state index contributed by atoms with van der Waals surface area (Å²) in [5, 5.41) is 13.1. The lowest BCUT2D eigenvalue weighted by Crippen LogP contribution is -2.29. The smallest absolute Gasteiger partial charge is 0.301 e. The van der Waals surface area contributed by atoms with Gasteiger partial charge in [-0.05, 0) is 24.6 Å². The van der Waals surface area contributed by atoms with Crippen LogP contribution in [0.15, 0.2) is 70.2 Å². The third kappa shape index (κ3) is 3.16. The number of anilines is 1. The van der Waals surface area contributed by atoms with Crippen LogP contribution in [0.4, 0.5) is 5.13 Å². The van der Waals surface area contributed by atoms with Crippen LogP contribution in [0.2, 0.25) is 0 Å². The molecule has 3 aromatic rings. The Hall–Kier alpha value is -2.77. The molecule has 28 heavy (non-hydrogen) atoms. The van der Waals surface area contributed by atoms with Gasteiger partial charge in [-0.3, -0.25) is 14.5 Å². The maximum atomic E-state index is 12.9. The second kappa shape index (κ2) is 7.33. The first-order chi connectivity index (χ1) is 13.5. The van der Waals surface area contributed by atoms with Gasteiger partial charge in [-0.1, -0.05) is 57.9 Å². The van der Waals surface area contributed by atoms with E-state index in [1.54, 1.807) is 23.7 Å². The summed E-state index contributed by atoms with van der Waals surface area (Å²) in [5.74, 6) is -1.62. The zero-order valence-electron chi connectivity index (χ0n) is 14.8. The van der Waals surface area contributed by atoms with Gasteiger partial charge in [0.05, 0.1) is 11.6 Å². The Morgan fingerprint density at radius 1 is 1.18 bits per heavy atom. The van der Waals surface area contributed by atoms with E-state index in [0.29, 0.717) is 16.3 Å². The SMILES string of the molecule is Cc1ccc(C(O)=C2C(=O)C(=O)N(c3nccs3)[C@@H]2c2cccc(Br)c2)cc1. The second-order valence-corrected chi connectivity index (χ2v) is 8.19. The van der Waals surface area contributed by atoms with Crippen LogP contribution in [-0.4, -0.2) is 21.8 Å². The van der Waals surface area contributed by atoms with Crippen molar-refractivity contribution in [2.24, 2.45) is 0 Å². The number of aliphatic hydroxyl groups excluding tert-OH is 1. The zero-order valence-corrected chi connectivity index (χ0v) is 17.2. The minimum atomic E-state index is -0.759. The normalized spacial score (nSPS) is 18.6. The molecule has 2 aromatic carbocycles. The molecule has 1 amide bonds. The average molecular weight is 455 g/mol. The largest absolute Gasteiger partial charge is 0.507 e. The van der Waals surface area contributed by atoms with Crippen LogP contribution in [0.3, 0.4) is 0 Å². The number of aliphatic hydroxyl groups is 1. The fraction of sp³-hybridized carbons (Fsp3) is 0.0952. The van der Waals surface area contributed by atoms with Crippen molar-refractivity contribution in [3.8, 4) is 0 Å². The van der Waals surface area contributed by atoms with Gasteiger partial charge < -0.3 is 5.11 Å². The zero-order chi connectivity index (χ0) is 19.8. The first-order valence-corrected chi connectivity index (χ1v) is 10.2. The van der Waals surface area contributed by atoms with Gasteiger partial charge in [0.15, 0.2) is 5.13 Å². The van der Waals surface area contributed by atoms with E-state index in [0.717, 1.165) is 10.0 Å². The van der Waals surface area contributed by atoms with Crippen molar-refractivity contribution in [1.82, 2.24) is 4.98 Å². The number of Topliss-reactive ketones (excluding diaryl/α,β-unsaturated/α-hetero) is 1. The molecule has 0 radical (unpaired) electrons. The Labute approximate surface area is 174 Å². The molecular formula is C21H15BrN2O3S. The van der Waals surface area contributed by atoms with Gasteiger partial charge in [-0.2, -0.15) is 0 Å². The third-order valence-electron chi connectivity index (χ3n) is 4.56. The van der Waals surface area contributed by atoms with Gasteiger partial charge in [0.2, 0.25) is 0 Å². The molecule has 2 heterocycles. The summed E-state index contributed by atoms with van der Waals surface area (Å²) in [6, 6.07) is 13.7. The summed E-state index contributed by atoms with van der Waals surface area (Å²) in [5.41, 5.74) is 2.28. The topological polar surface area (TPSA) is 70.5 Å². The minimum Gasteiger partial charge on any atom is -0.507 e. The summed E-state index contributed by atoms with van der Waals surface area (Å²) >= 11 is 4.70. The number of aromatic nitrogens is 1. The van der Waals surface area contributed by atoms with Crippen molar-refractivity contribution in [3.05, 3.63) is 86.8 Å². The Balaban J connectivity index is 1.95. The minimum absolute atomic E-state index is 0.0575. The van der Waals surface area contributed by atoms with E-state index in [4.69, 9.17) is 0 Å². The lowest BCUT2D eigenvalue weighted by atomic mass is 9.95. The number of aryl methyl sites for hydroxylation is 1. The van der Waals surface area contributed by atoms with Gasteiger partial charge in [-0.25, -0.2) is 4.98 Å². The second-order valence-electron chi connectivity index (χ2n) is 6.40. The number of thiazole rings is 1.